The van der Waals surface area contributed by atoms with E-state index in [0.29, 0.717) is 6.61 Å². The summed E-state index contributed by atoms with van der Waals surface area (Å²) in [6.45, 7) is 3.29. The van der Waals surface area contributed by atoms with E-state index in [2.05, 4.69) is 75.9 Å². The molecule has 0 atom stereocenters. The molecule has 0 unspecified atom stereocenters. The Bertz CT molecular complexity index is 751. The normalized spacial score (nSPS) is 14.9. The molecule has 4 heteroatoms. The van der Waals surface area contributed by atoms with Gasteiger partial charge in [-0.3, -0.25) is 4.99 Å². The summed E-state index contributed by atoms with van der Waals surface area (Å²) in [6.07, 6.45) is 3.35. The summed E-state index contributed by atoms with van der Waals surface area (Å²) in [6, 6.07) is 19.1. The maximum Gasteiger partial charge on any atom is 0.194 e. The largest absolute Gasteiger partial charge is 0.380 e. The van der Waals surface area contributed by atoms with Crippen LogP contribution < -0.4 is 5.32 Å². The van der Waals surface area contributed by atoms with Crippen molar-refractivity contribution < 1.29 is 4.74 Å². The minimum absolute atomic E-state index is 0.652. The molecular formula is C22H27N3O. The van der Waals surface area contributed by atoms with Crippen molar-refractivity contribution in [3.8, 4) is 0 Å². The van der Waals surface area contributed by atoms with Crippen molar-refractivity contribution in [1.29, 1.82) is 0 Å². The first-order valence-electron chi connectivity index (χ1n) is 9.07. The number of nitrogens with zero attached hydrogens (tertiary/aromatic N) is 2. The second-order valence-corrected chi connectivity index (χ2v) is 6.44. The summed E-state index contributed by atoms with van der Waals surface area (Å²) in [5.41, 5.74) is 5.18. The Balaban J connectivity index is 1.56. The molecule has 0 fully saturated rings. The fourth-order valence-electron chi connectivity index (χ4n) is 3.21. The van der Waals surface area contributed by atoms with E-state index < -0.39 is 0 Å². The van der Waals surface area contributed by atoms with Gasteiger partial charge in [0.1, 0.15) is 0 Å². The molecule has 26 heavy (non-hydrogen) atoms. The number of benzene rings is 2. The van der Waals surface area contributed by atoms with E-state index in [1.54, 1.807) is 7.11 Å². The van der Waals surface area contributed by atoms with Gasteiger partial charge in [-0.1, -0.05) is 60.7 Å². The van der Waals surface area contributed by atoms with Gasteiger partial charge >= 0.3 is 0 Å². The Morgan fingerprint density at radius 2 is 1.81 bits per heavy atom. The number of ether oxygens (including phenoxy) is 1. The van der Waals surface area contributed by atoms with Crippen molar-refractivity contribution in [2.24, 2.45) is 4.99 Å². The number of nitrogens with one attached hydrogen (secondary N) is 1. The zero-order valence-corrected chi connectivity index (χ0v) is 15.6. The zero-order valence-electron chi connectivity index (χ0n) is 15.6. The molecule has 2 aromatic carbocycles. The van der Waals surface area contributed by atoms with Crippen molar-refractivity contribution in [1.82, 2.24) is 10.2 Å². The standard InChI is InChI=1S/C22H27N3O/c1-23-22(24-16-18-8-10-19(11-9-18)17-26-2)25-14-12-21(13-15-25)20-6-4-3-5-7-20/h3-12H,13-17H2,1-2H3,(H,23,24). The number of rotatable bonds is 5. The Kier molecular flexibility index (Phi) is 6.45. The predicted octanol–water partition coefficient (Wildman–Crippen LogP) is 3.70. The van der Waals surface area contributed by atoms with Gasteiger partial charge in [-0.05, 0) is 28.7 Å². The van der Waals surface area contributed by atoms with Crippen LogP contribution in [0.5, 0.6) is 0 Å². The summed E-state index contributed by atoms with van der Waals surface area (Å²) in [5.74, 6) is 0.953. The lowest BCUT2D eigenvalue weighted by atomic mass is 10.00. The van der Waals surface area contributed by atoms with Crippen LogP contribution in [0, 0.1) is 0 Å². The van der Waals surface area contributed by atoms with Crippen molar-refractivity contribution in [2.75, 3.05) is 27.2 Å². The van der Waals surface area contributed by atoms with Crippen molar-refractivity contribution in [3.05, 3.63) is 77.4 Å². The highest BCUT2D eigenvalue weighted by Crippen LogP contribution is 2.22. The van der Waals surface area contributed by atoms with Gasteiger partial charge in [0.2, 0.25) is 0 Å². The van der Waals surface area contributed by atoms with Crippen LogP contribution >= 0.6 is 0 Å². The molecule has 0 amide bonds. The number of guanidine groups is 1. The Morgan fingerprint density at radius 3 is 2.42 bits per heavy atom. The second-order valence-electron chi connectivity index (χ2n) is 6.44. The lowest BCUT2D eigenvalue weighted by Crippen LogP contribution is -2.43. The molecule has 136 valence electrons. The van der Waals surface area contributed by atoms with E-state index in [9.17, 15) is 0 Å². The lowest BCUT2D eigenvalue weighted by Gasteiger charge is -2.29. The van der Waals surface area contributed by atoms with Gasteiger partial charge in [0.25, 0.3) is 0 Å². The molecule has 1 aliphatic heterocycles. The van der Waals surface area contributed by atoms with Crippen LogP contribution in [0.2, 0.25) is 0 Å². The highest BCUT2D eigenvalue weighted by atomic mass is 16.5. The summed E-state index contributed by atoms with van der Waals surface area (Å²) in [7, 11) is 3.57. The first-order chi connectivity index (χ1) is 12.8. The summed E-state index contributed by atoms with van der Waals surface area (Å²) >= 11 is 0. The van der Waals surface area contributed by atoms with E-state index >= 15 is 0 Å². The van der Waals surface area contributed by atoms with Gasteiger partial charge < -0.3 is 15.0 Å². The minimum Gasteiger partial charge on any atom is -0.380 e. The number of aliphatic imine (C=N–C) groups is 1. The molecule has 0 aliphatic carbocycles. The molecule has 1 N–H and O–H groups in total. The van der Waals surface area contributed by atoms with Crippen LogP contribution in [0.4, 0.5) is 0 Å². The van der Waals surface area contributed by atoms with Crippen LogP contribution in [0.25, 0.3) is 5.57 Å². The van der Waals surface area contributed by atoms with E-state index in [1.165, 1.54) is 22.3 Å². The smallest absolute Gasteiger partial charge is 0.194 e. The summed E-state index contributed by atoms with van der Waals surface area (Å²) in [5, 5.41) is 3.48. The lowest BCUT2D eigenvalue weighted by molar-refractivity contribution is 0.185. The van der Waals surface area contributed by atoms with Gasteiger partial charge in [0, 0.05) is 33.8 Å². The van der Waals surface area contributed by atoms with Crippen LogP contribution in [0.1, 0.15) is 23.1 Å². The minimum atomic E-state index is 0.652. The van der Waals surface area contributed by atoms with Gasteiger partial charge in [-0.2, -0.15) is 0 Å². The number of methoxy groups -OCH3 is 1. The fraction of sp³-hybridized carbons (Fsp3) is 0.318. The van der Waals surface area contributed by atoms with E-state index in [1.807, 2.05) is 7.05 Å². The third kappa shape index (κ3) is 4.73. The molecule has 0 aromatic heterocycles. The molecule has 1 aliphatic rings. The molecule has 0 saturated heterocycles. The van der Waals surface area contributed by atoms with Crippen LogP contribution in [-0.2, 0) is 17.9 Å². The first kappa shape index (κ1) is 18.2. The second kappa shape index (κ2) is 9.20. The van der Waals surface area contributed by atoms with Gasteiger partial charge in [-0.15, -0.1) is 0 Å². The SMILES string of the molecule is CN=C(NCc1ccc(COC)cc1)N1CC=C(c2ccccc2)CC1. The fourth-order valence-corrected chi connectivity index (χ4v) is 3.21. The monoisotopic (exact) mass is 349 g/mol. The predicted molar refractivity (Wildman–Crippen MR) is 108 cm³/mol. The molecule has 4 nitrogen and oxygen atoms in total. The molecule has 3 rings (SSSR count). The quantitative estimate of drug-likeness (QED) is 0.661. The van der Waals surface area contributed by atoms with Gasteiger partial charge in [-0.25, -0.2) is 0 Å². The zero-order chi connectivity index (χ0) is 18.2. The van der Waals surface area contributed by atoms with Crippen LogP contribution in [0.3, 0.4) is 0 Å². The molecule has 0 spiro atoms. The van der Waals surface area contributed by atoms with Crippen LogP contribution in [-0.4, -0.2) is 38.1 Å². The third-order valence-electron chi connectivity index (χ3n) is 4.65. The Hall–Kier alpha value is -2.59. The molecule has 0 saturated carbocycles. The summed E-state index contributed by atoms with van der Waals surface area (Å²) in [4.78, 5) is 6.75. The highest BCUT2D eigenvalue weighted by Gasteiger charge is 2.15. The van der Waals surface area contributed by atoms with Gasteiger partial charge in [0.05, 0.1) is 6.61 Å². The topological polar surface area (TPSA) is 36.9 Å². The van der Waals surface area contributed by atoms with Crippen LogP contribution in [0.15, 0.2) is 65.7 Å². The third-order valence-corrected chi connectivity index (χ3v) is 4.65. The summed E-state index contributed by atoms with van der Waals surface area (Å²) < 4.78 is 5.16. The Labute approximate surface area is 156 Å². The average Bonchev–Trinajstić information content (AvgIpc) is 2.71. The average molecular weight is 349 g/mol. The van der Waals surface area contributed by atoms with E-state index in [-0.39, 0.29) is 0 Å². The number of hydrogen-bond donors (Lipinski definition) is 1. The Morgan fingerprint density at radius 1 is 1.08 bits per heavy atom. The first-order valence-corrected chi connectivity index (χ1v) is 9.07. The van der Waals surface area contributed by atoms with Gasteiger partial charge in [0.15, 0.2) is 5.96 Å². The van der Waals surface area contributed by atoms with Crippen molar-refractivity contribution in [2.45, 2.75) is 19.6 Å². The molecule has 1 heterocycles. The van der Waals surface area contributed by atoms with E-state index in [0.717, 1.165) is 32.0 Å². The van der Waals surface area contributed by atoms with Crippen molar-refractivity contribution in [3.63, 3.8) is 0 Å². The highest BCUT2D eigenvalue weighted by molar-refractivity contribution is 5.81. The number of hydrogen-bond acceptors (Lipinski definition) is 2. The molecular weight excluding hydrogens is 322 g/mol. The van der Waals surface area contributed by atoms with Crippen molar-refractivity contribution >= 4 is 11.5 Å². The van der Waals surface area contributed by atoms with E-state index in [4.69, 9.17) is 4.74 Å². The molecule has 0 radical (unpaired) electrons. The molecule has 0 bridgehead atoms. The molecule has 2 aromatic rings. The maximum atomic E-state index is 5.16. The maximum absolute atomic E-state index is 5.16.